The summed E-state index contributed by atoms with van der Waals surface area (Å²) in [6.45, 7) is 0. The molecule has 184 valence electrons. The zero-order valence-corrected chi connectivity index (χ0v) is 21.7. The smallest absolute Gasteiger partial charge is 0.337 e. The molecule has 2 aliphatic rings. The third kappa shape index (κ3) is 5.00. The average Bonchev–Trinajstić information content (AvgIpc) is 3.76. The third-order valence-corrected chi connectivity index (χ3v) is 10.1. The predicted octanol–water partition coefficient (Wildman–Crippen LogP) is 5.16. The van der Waals surface area contributed by atoms with Crippen LogP contribution in [0, 0.1) is 0 Å². The van der Waals surface area contributed by atoms with Crippen LogP contribution in [0.25, 0.3) is 10.4 Å². The fourth-order valence-electron chi connectivity index (χ4n) is 4.08. The molecule has 0 aliphatic heterocycles. The Hall–Kier alpha value is -2.69. The molecular weight excluding hydrogens is 506 g/mol. The van der Waals surface area contributed by atoms with Crippen molar-refractivity contribution in [1.29, 1.82) is 0 Å². The molecule has 0 amide bonds. The topological polar surface area (TPSA) is 107 Å². The first kappa shape index (κ1) is 24.0. The zero-order chi connectivity index (χ0) is 25.0. The number of esters is 1. The molecule has 35 heavy (non-hydrogen) atoms. The van der Waals surface area contributed by atoms with Gasteiger partial charge in [0.2, 0.25) is 0 Å². The van der Waals surface area contributed by atoms with Gasteiger partial charge in [-0.15, -0.1) is 11.3 Å². The van der Waals surface area contributed by atoms with Crippen molar-refractivity contribution in [3.8, 4) is 10.4 Å². The van der Waals surface area contributed by atoms with E-state index in [4.69, 9.17) is 4.74 Å². The Morgan fingerprint density at radius 1 is 0.943 bits per heavy atom. The van der Waals surface area contributed by atoms with Crippen molar-refractivity contribution < 1.29 is 26.4 Å². The van der Waals surface area contributed by atoms with Gasteiger partial charge in [-0.1, -0.05) is 12.1 Å². The van der Waals surface area contributed by atoms with E-state index >= 15 is 0 Å². The number of hydrogen-bond acceptors (Lipinski definition) is 7. The summed E-state index contributed by atoms with van der Waals surface area (Å²) >= 11 is 1.59. The van der Waals surface area contributed by atoms with Crippen LogP contribution in [0.15, 0.2) is 58.3 Å². The van der Waals surface area contributed by atoms with Crippen LogP contribution in [-0.2, 0) is 24.6 Å². The summed E-state index contributed by atoms with van der Waals surface area (Å²) in [6.07, 6.45) is 5.11. The van der Waals surface area contributed by atoms with E-state index < -0.39 is 25.8 Å². The molecular formula is C25H25NO6S3. The van der Waals surface area contributed by atoms with Crippen molar-refractivity contribution in [2.75, 3.05) is 18.1 Å². The number of hydrogen-bond donors (Lipinski definition) is 1. The van der Waals surface area contributed by atoms with Crippen LogP contribution in [0.4, 0.5) is 5.69 Å². The second-order valence-electron chi connectivity index (χ2n) is 9.08. The van der Waals surface area contributed by atoms with E-state index in [0.29, 0.717) is 17.0 Å². The van der Waals surface area contributed by atoms with E-state index in [0.717, 1.165) is 36.8 Å². The first-order valence-corrected chi connectivity index (χ1v) is 15.5. The van der Waals surface area contributed by atoms with Gasteiger partial charge in [0.05, 0.1) is 28.2 Å². The molecule has 0 unspecified atom stereocenters. The van der Waals surface area contributed by atoms with Crippen LogP contribution in [0.2, 0.25) is 0 Å². The van der Waals surface area contributed by atoms with Gasteiger partial charge in [0.1, 0.15) is 0 Å². The van der Waals surface area contributed by atoms with Gasteiger partial charge in [-0.25, -0.2) is 21.6 Å². The van der Waals surface area contributed by atoms with E-state index in [9.17, 15) is 21.6 Å². The molecule has 2 saturated carbocycles. The highest BCUT2D eigenvalue weighted by Gasteiger charge is 2.32. The number of carbonyl (C=O) groups excluding carboxylic acids is 1. The van der Waals surface area contributed by atoms with Gasteiger partial charge in [0, 0.05) is 21.6 Å². The highest BCUT2D eigenvalue weighted by Crippen LogP contribution is 2.47. The molecule has 0 bridgehead atoms. The number of sulfone groups is 1. The molecule has 1 N–H and O–H groups in total. The van der Waals surface area contributed by atoms with Crippen molar-refractivity contribution in [3.05, 3.63) is 64.5 Å². The Bertz CT molecular complexity index is 1530. The van der Waals surface area contributed by atoms with Gasteiger partial charge in [0.15, 0.2) is 9.84 Å². The fourth-order valence-corrected chi connectivity index (χ4v) is 7.34. The van der Waals surface area contributed by atoms with Crippen LogP contribution in [-0.4, -0.2) is 36.2 Å². The quantitative estimate of drug-likeness (QED) is 0.403. The number of benzene rings is 2. The molecule has 1 heterocycles. The summed E-state index contributed by atoms with van der Waals surface area (Å²) in [6, 6.07) is 13.0. The molecule has 2 fully saturated rings. The lowest BCUT2D eigenvalue weighted by atomic mass is 10.1. The molecule has 0 atom stereocenters. The number of ether oxygens (including phenoxy) is 1. The van der Waals surface area contributed by atoms with Gasteiger partial charge in [-0.05, 0) is 79.5 Å². The summed E-state index contributed by atoms with van der Waals surface area (Å²) in [5.74, 6) is 0.0228. The van der Waals surface area contributed by atoms with E-state index in [1.165, 1.54) is 30.2 Å². The molecule has 3 aromatic rings. The summed E-state index contributed by atoms with van der Waals surface area (Å²) < 4.78 is 59.3. The lowest BCUT2D eigenvalue weighted by molar-refractivity contribution is 0.0600. The molecule has 0 saturated heterocycles. The molecule has 2 aromatic carbocycles. The SMILES string of the molecule is COC(=O)c1ccc(C2CC2)c(S(=O)(=O)Nc2cc(S(C)(=O)=O)ccc2-c2ccc(C3CC3)s2)c1. The Balaban J connectivity index is 1.60. The van der Waals surface area contributed by atoms with Crippen molar-refractivity contribution in [2.45, 2.75) is 47.3 Å². The highest BCUT2D eigenvalue weighted by molar-refractivity contribution is 7.92. The Morgan fingerprint density at radius 3 is 2.29 bits per heavy atom. The molecule has 0 radical (unpaired) electrons. The molecule has 7 nitrogen and oxygen atoms in total. The maximum absolute atomic E-state index is 13.7. The lowest BCUT2D eigenvalue weighted by Gasteiger charge is -2.16. The Kier molecular flexibility index (Phi) is 6.01. The molecule has 10 heteroatoms. The minimum Gasteiger partial charge on any atom is -0.465 e. The second-order valence-corrected chi connectivity index (χ2v) is 13.9. The van der Waals surface area contributed by atoms with Crippen molar-refractivity contribution >= 4 is 42.9 Å². The number of sulfonamides is 1. The number of methoxy groups -OCH3 is 1. The number of anilines is 1. The van der Waals surface area contributed by atoms with Crippen LogP contribution in [0.5, 0.6) is 0 Å². The maximum Gasteiger partial charge on any atom is 0.337 e. The van der Waals surface area contributed by atoms with Crippen molar-refractivity contribution in [3.63, 3.8) is 0 Å². The van der Waals surface area contributed by atoms with Crippen molar-refractivity contribution in [2.24, 2.45) is 0 Å². The van der Waals surface area contributed by atoms with Gasteiger partial charge in [-0.3, -0.25) is 4.72 Å². The lowest BCUT2D eigenvalue weighted by Crippen LogP contribution is -2.17. The van der Waals surface area contributed by atoms with Gasteiger partial charge >= 0.3 is 5.97 Å². The van der Waals surface area contributed by atoms with E-state index in [-0.39, 0.29) is 27.0 Å². The fraction of sp³-hybridized carbons (Fsp3) is 0.320. The Morgan fingerprint density at radius 2 is 1.66 bits per heavy atom. The van der Waals surface area contributed by atoms with E-state index in [2.05, 4.69) is 4.72 Å². The first-order valence-electron chi connectivity index (χ1n) is 11.3. The number of carbonyl (C=O) groups is 1. The molecule has 5 rings (SSSR count). The largest absolute Gasteiger partial charge is 0.465 e. The number of rotatable bonds is 8. The van der Waals surface area contributed by atoms with E-state index in [1.54, 1.807) is 29.5 Å². The minimum atomic E-state index is -4.15. The molecule has 2 aliphatic carbocycles. The van der Waals surface area contributed by atoms with Crippen molar-refractivity contribution in [1.82, 2.24) is 0 Å². The van der Waals surface area contributed by atoms with Crippen LogP contribution in [0.1, 0.15) is 58.3 Å². The standard InChI is InChI=1S/C25H25NO6S3/c1-32-25(27)17-7-9-19(15-3-4-15)24(13-17)35(30,31)26-21-14-18(34(2,28)29)8-10-20(21)23-12-11-22(33-23)16-5-6-16/h7-16,26H,3-6H2,1-2H3. The number of nitrogens with one attached hydrogen (secondary N) is 1. The third-order valence-electron chi connectivity index (χ3n) is 6.28. The normalized spacial score (nSPS) is 16.2. The molecule has 0 spiro atoms. The van der Waals surface area contributed by atoms with Crippen LogP contribution in [0.3, 0.4) is 0 Å². The Labute approximate surface area is 209 Å². The summed E-state index contributed by atoms with van der Waals surface area (Å²) in [5.41, 5.74) is 1.56. The highest BCUT2D eigenvalue weighted by atomic mass is 32.2. The summed E-state index contributed by atoms with van der Waals surface area (Å²) in [5, 5.41) is 0. The molecule has 1 aromatic heterocycles. The van der Waals surface area contributed by atoms with Gasteiger partial charge < -0.3 is 4.74 Å². The number of thiophene rings is 1. The van der Waals surface area contributed by atoms with E-state index in [1.807, 2.05) is 12.1 Å². The minimum absolute atomic E-state index is 0.00320. The summed E-state index contributed by atoms with van der Waals surface area (Å²) in [4.78, 5) is 14.2. The maximum atomic E-state index is 13.7. The summed E-state index contributed by atoms with van der Waals surface area (Å²) in [7, 11) is -6.48. The second kappa shape index (κ2) is 8.76. The predicted molar refractivity (Wildman–Crippen MR) is 135 cm³/mol. The average molecular weight is 532 g/mol. The zero-order valence-electron chi connectivity index (χ0n) is 19.3. The van der Waals surface area contributed by atoms with Crippen LogP contribution >= 0.6 is 11.3 Å². The first-order chi connectivity index (χ1) is 16.6. The van der Waals surface area contributed by atoms with Gasteiger partial charge in [-0.2, -0.15) is 0 Å². The monoisotopic (exact) mass is 531 g/mol. The van der Waals surface area contributed by atoms with Crippen LogP contribution < -0.4 is 4.72 Å². The van der Waals surface area contributed by atoms with Gasteiger partial charge in [0.25, 0.3) is 10.0 Å².